The number of pyridine rings is 1. The summed E-state index contributed by atoms with van der Waals surface area (Å²) in [5.74, 6) is 0.706. The number of halogens is 4. The van der Waals surface area contributed by atoms with Crippen molar-refractivity contribution in [3.05, 3.63) is 57.3 Å². The monoisotopic (exact) mass is 455 g/mol. The molecule has 0 aliphatic heterocycles. The molecule has 0 aliphatic carbocycles. The number of rotatable bonds is 5. The van der Waals surface area contributed by atoms with E-state index >= 15 is 0 Å². The molecule has 0 spiro atoms. The number of hydrogen-bond donors (Lipinski definition) is 0. The molecule has 10 heteroatoms. The van der Waals surface area contributed by atoms with E-state index in [0.29, 0.717) is 12.4 Å². The van der Waals surface area contributed by atoms with Crippen LogP contribution in [0.4, 0.5) is 13.2 Å². The molecule has 0 radical (unpaired) electrons. The predicted octanol–water partition coefficient (Wildman–Crippen LogP) is 4.96. The molecule has 4 aromatic rings. The van der Waals surface area contributed by atoms with Crippen LogP contribution < -0.4 is 0 Å². The minimum Gasteiger partial charge on any atom is -0.305 e. The molecule has 0 bridgehead atoms. The van der Waals surface area contributed by atoms with E-state index in [1.54, 1.807) is 28.4 Å². The molecule has 5 nitrogen and oxygen atoms in total. The Hall–Kier alpha value is -2.20. The quantitative estimate of drug-likeness (QED) is 0.427. The van der Waals surface area contributed by atoms with Gasteiger partial charge in [0, 0.05) is 35.5 Å². The number of aromatic nitrogens is 5. The SMILES string of the molecule is FC(F)(F)CCc1nc(-c2cc(Br)c3nccn3c2)n(Cc2cccs2)n1. The Morgan fingerprint density at radius 3 is 2.85 bits per heavy atom. The van der Waals surface area contributed by atoms with Crippen LogP contribution in [0, 0.1) is 0 Å². The molecule has 0 aliphatic rings. The highest BCUT2D eigenvalue weighted by Crippen LogP contribution is 2.27. The first-order valence-electron chi connectivity index (χ1n) is 8.04. The van der Waals surface area contributed by atoms with Gasteiger partial charge in [0.1, 0.15) is 0 Å². The molecule has 27 heavy (non-hydrogen) atoms. The molecule has 0 N–H and O–H groups in total. The zero-order chi connectivity index (χ0) is 19.0. The van der Waals surface area contributed by atoms with E-state index in [2.05, 4.69) is 31.0 Å². The summed E-state index contributed by atoms with van der Waals surface area (Å²) in [6.45, 7) is 0.450. The third kappa shape index (κ3) is 4.06. The normalized spacial score (nSPS) is 12.1. The van der Waals surface area contributed by atoms with Gasteiger partial charge in [-0.15, -0.1) is 11.3 Å². The van der Waals surface area contributed by atoms with Gasteiger partial charge in [-0.3, -0.25) is 0 Å². The van der Waals surface area contributed by atoms with Crippen LogP contribution in [0.25, 0.3) is 17.0 Å². The van der Waals surface area contributed by atoms with Crippen molar-refractivity contribution in [1.82, 2.24) is 24.1 Å². The van der Waals surface area contributed by atoms with E-state index in [0.717, 1.165) is 20.6 Å². The Balaban J connectivity index is 1.75. The molecule has 140 valence electrons. The molecule has 0 unspecified atom stereocenters. The number of nitrogens with zero attached hydrogens (tertiary/aromatic N) is 5. The van der Waals surface area contributed by atoms with Crippen LogP contribution in [-0.2, 0) is 13.0 Å². The first kappa shape index (κ1) is 18.2. The van der Waals surface area contributed by atoms with E-state index in [9.17, 15) is 13.2 Å². The van der Waals surface area contributed by atoms with E-state index in [1.807, 2.05) is 34.2 Å². The number of thiophene rings is 1. The summed E-state index contributed by atoms with van der Waals surface area (Å²) in [7, 11) is 0. The molecule has 0 atom stereocenters. The molecule has 0 aromatic carbocycles. The second-order valence-electron chi connectivity index (χ2n) is 5.94. The summed E-state index contributed by atoms with van der Waals surface area (Å²) in [4.78, 5) is 9.69. The van der Waals surface area contributed by atoms with Gasteiger partial charge >= 0.3 is 6.18 Å². The first-order chi connectivity index (χ1) is 12.9. The van der Waals surface area contributed by atoms with Crippen molar-refractivity contribution < 1.29 is 13.2 Å². The van der Waals surface area contributed by atoms with Crippen LogP contribution in [0.3, 0.4) is 0 Å². The van der Waals surface area contributed by atoms with Crippen molar-refractivity contribution in [3.8, 4) is 11.4 Å². The summed E-state index contributed by atoms with van der Waals surface area (Å²) in [5.41, 5.74) is 1.50. The number of aryl methyl sites for hydroxylation is 1. The van der Waals surface area contributed by atoms with Crippen molar-refractivity contribution in [2.45, 2.75) is 25.6 Å². The lowest BCUT2D eigenvalue weighted by Crippen LogP contribution is -2.09. The standard InChI is InChI=1S/C17H13BrF3N5S/c18-13-8-11(9-25-6-5-22-16(13)25)15-23-14(3-4-17(19,20)21)24-26(15)10-12-2-1-7-27-12/h1-2,5-9H,3-4,10H2. The number of hydrogen-bond acceptors (Lipinski definition) is 4. The second-order valence-corrected chi connectivity index (χ2v) is 7.83. The summed E-state index contributed by atoms with van der Waals surface area (Å²) < 4.78 is 42.0. The van der Waals surface area contributed by atoms with Crippen LogP contribution >= 0.6 is 27.3 Å². The van der Waals surface area contributed by atoms with E-state index in [4.69, 9.17) is 0 Å². The zero-order valence-corrected chi connectivity index (χ0v) is 16.2. The van der Waals surface area contributed by atoms with Gasteiger partial charge in [-0.2, -0.15) is 18.3 Å². The van der Waals surface area contributed by atoms with E-state index in [1.165, 1.54) is 0 Å². The fraction of sp³-hybridized carbons (Fsp3) is 0.235. The number of imidazole rings is 1. The van der Waals surface area contributed by atoms with Gasteiger partial charge in [0.2, 0.25) is 0 Å². The molecule has 4 heterocycles. The van der Waals surface area contributed by atoms with Gasteiger partial charge in [0.05, 0.1) is 17.4 Å². The summed E-state index contributed by atoms with van der Waals surface area (Å²) >= 11 is 5.05. The topological polar surface area (TPSA) is 48.0 Å². The maximum Gasteiger partial charge on any atom is 0.389 e. The Kier molecular flexibility index (Phi) is 4.77. The minimum atomic E-state index is -4.24. The first-order valence-corrected chi connectivity index (χ1v) is 9.72. The van der Waals surface area contributed by atoms with Gasteiger partial charge in [-0.05, 0) is 33.4 Å². The minimum absolute atomic E-state index is 0.181. The van der Waals surface area contributed by atoms with Gasteiger partial charge in [-0.1, -0.05) is 6.07 Å². The molecular formula is C17H13BrF3N5S. The van der Waals surface area contributed by atoms with Crippen LogP contribution in [0.15, 0.2) is 46.6 Å². The molecular weight excluding hydrogens is 443 g/mol. The molecule has 0 saturated heterocycles. The third-order valence-corrected chi connectivity index (χ3v) is 5.38. The Morgan fingerprint density at radius 1 is 1.26 bits per heavy atom. The maximum absolute atomic E-state index is 12.6. The summed E-state index contributed by atoms with van der Waals surface area (Å²) in [6, 6.07) is 5.74. The van der Waals surface area contributed by atoms with Gasteiger partial charge in [-0.25, -0.2) is 14.6 Å². The number of fused-ring (bicyclic) bond motifs is 1. The summed E-state index contributed by atoms with van der Waals surface area (Å²) in [5, 5.41) is 6.28. The fourth-order valence-electron chi connectivity index (χ4n) is 2.74. The van der Waals surface area contributed by atoms with Crippen molar-refractivity contribution in [2.24, 2.45) is 0 Å². The lowest BCUT2D eigenvalue weighted by molar-refractivity contribution is -0.134. The average molecular weight is 456 g/mol. The fourth-order valence-corrected chi connectivity index (χ4v) is 3.97. The largest absolute Gasteiger partial charge is 0.389 e. The highest BCUT2D eigenvalue weighted by molar-refractivity contribution is 9.10. The van der Waals surface area contributed by atoms with Gasteiger partial charge in [0.15, 0.2) is 17.3 Å². The maximum atomic E-state index is 12.6. The highest BCUT2D eigenvalue weighted by Gasteiger charge is 2.28. The Morgan fingerprint density at radius 2 is 2.11 bits per heavy atom. The third-order valence-electron chi connectivity index (χ3n) is 3.93. The highest BCUT2D eigenvalue weighted by atomic mass is 79.9. The van der Waals surface area contributed by atoms with Crippen molar-refractivity contribution in [3.63, 3.8) is 0 Å². The number of alkyl halides is 3. The van der Waals surface area contributed by atoms with E-state index in [-0.39, 0.29) is 12.2 Å². The van der Waals surface area contributed by atoms with Crippen LogP contribution in [0.2, 0.25) is 0 Å². The molecule has 4 rings (SSSR count). The van der Waals surface area contributed by atoms with Crippen LogP contribution in [0.5, 0.6) is 0 Å². The average Bonchev–Trinajstić information content (AvgIpc) is 3.33. The predicted molar refractivity (Wildman–Crippen MR) is 99.7 cm³/mol. The lowest BCUT2D eigenvalue weighted by Gasteiger charge is -2.06. The van der Waals surface area contributed by atoms with Crippen molar-refractivity contribution in [1.29, 1.82) is 0 Å². The van der Waals surface area contributed by atoms with Crippen LogP contribution in [-0.4, -0.2) is 30.3 Å². The summed E-state index contributed by atoms with van der Waals surface area (Å²) in [6.07, 6.45) is -0.112. The molecule has 0 amide bonds. The van der Waals surface area contributed by atoms with E-state index < -0.39 is 12.6 Å². The zero-order valence-electron chi connectivity index (χ0n) is 13.8. The molecule has 0 fully saturated rings. The van der Waals surface area contributed by atoms with Gasteiger partial charge < -0.3 is 4.40 Å². The molecule has 4 aromatic heterocycles. The van der Waals surface area contributed by atoms with Crippen molar-refractivity contribution in [2.75, 3.05) is 0 Å². The molecule has 0 saturated carbocycles. The van der Waals surface area contributed by atoms with Crippen molar-refractivity contribution >= 4 is 32.9 Å². The Bertz CT molecular complexity index is 1070. The van der Waals surface area contributed by atoms with Crippen LogP contribution in [0.1, 0.15) is 17.1 Å². The Labute approximate surface area is 164 Å². The van der Waals surface area contributed by atoms with Gasteiger partial charge in [0.25, 0.3) is 0 Å². The second kappa shape index (κ2) is 7.08. The lowest BCUT2D eigenvalue weighted by atomic mass is 10.2. The smallest absolute Gasteiger partial charge is 0.305 e.